The molecule has 114 valence electrons. The summed E-state index contributed by atoms with van der Waals surface area (Å²) in [5, 5.41) is 0. The van der Waals surface area contributed by atoms with Gasteiger partial charge < -0.3 is 15.2 Å². The first-order valence-corrected chi connectivity index (χ1v) is 7.54. The van der Waals surface area contributed by atoms with Crippen molar-refractivity contribution in [3.63, 3.8) is 0 Å². The van der Waals surface area contributed by atoms with Crippen molar-refractivity contribution in [2.24, 2.45) is 17.4 Å². The zero-order valence-electron chi connectivity index (χ0n) is 12.7. The normalized spacial score (nSPS) is 12.4. The van der Waals surface area contributed by atoms with Crippen LogP contribution < -0.4 is 20.9 Å². The minimum atomic E-state index is -0.474. The molecule has 0 aromatic heterocycles. The highest BCUT2D eigenvalue weighted by Crippen LogP contribution is 2.22. The predicted molar refractivity (Wildman–Crippen MR) is 82.9 cm³/mol. The third kappa shape index (κ3) is 6.26. The van der Waals surface area contributed by atoms with Crippen LogP contribution in [0.4, 0.5) is 0 Å². The van der Waals surface area contributed by atoms with E-state index in [0.29, 0.717) is 18.2 Å². The summed E-state index contributed by atoms with van der Waals surface area (Å²) >= 11 is 0. The SMILES string of the molecule is CCCC(CCC)COc1cccc(O[C@H](N)CN)c1. The molecular formula is C16H28N2O2. The van der Waals surface area contributed by atoms with Gasteiger partial charge in [0.25, 0.3) is 0 Å². The summed E-state index contributed by atoms with van der Waals surface area (Å²) in [4.78, 5) is 0. The average molecular weight is 280 g/mol. The Morgan fingerprint density at radius 1 is 1.10 bits per heavy atom. The molecule has 20 heavy (non-hydrogen) atoms. The van der Waals surface area contributed by atoms with Gasteiger partial charge in [-0.25, -0.2) is 0 Å². The summed E-state index contributed by atoms with van der Waals surface area (Å²) in [5.41, 5.74) is 11.1. The van der Waals surface area contributed by atoms with E-state index < -0.39 is 6.23 Å². The zero-order chi connectivity index (χ0) is 14.8. The predicted octanol–water partition coefficient (Wildman–Crippen LogP) is 2.90. The van der Waals surface area contributed by atoms with Crippen molar-refractivity contribution in [3.05, 3.63) is 24.3 Å². The van der Waals surface area contributed by atoms with E-state index in [1.54, 1.807) is 0 Å². The maximum Gasteiger partial charge on any atom is 0.160 e. The van der Waals surface area contributed by atoms with Crippen LogP contribution in [0.25, 0.3) is 0 Å². The molecule has 0 amide bonds. The Hall–Kier alpha value is -1.26. The quantitative estimate of drug-likeness (QED) is 0.646. The van der Waals surface area contributed by atoms with E-state index in [4.69, 9.17) is 20.9 Å². The highest BCUT2D eigenvalue weighted by Gasteiger charge is 2.08. The smallest absolute Gasteiger partial charge is 0.160 e. The van der Waals surface area contributed by atoms with Gasteiger partial charge in [-0.05, 0) is 30.9 Å². The van der Waals surface area contributed by atoms with Crippen molar-refractivity contribution in [3.8, 4) is 11.5 Å². The zero-order valence-corrected chi connectivity index (χ0v) is 12.7. The van der Waals surface area contributed by atoms with Gasteiger partial charge in [0, 0.05) is 12.6 Å². The fourth-order valence-electron chi connectivity index (χ4n) is 2.20. The number of benzene rings is 1. The molecule has 0 fully saturated rings. The van der Waals surface area contributed by atoms with Crippen LogP contribution in [0.2, 0.25) is 0 Å². The summed E-state index contributed by atoms with van der Waals surface area (Å²) in [6, 6.07) is 7.57. The second-order valence-corrected chi connectivity index (χ2v) is 5.12. The Labute approximate surface area is 122 Å². The maximum absolute atomic E-state index is 5.88. The van der Waals surface area contributed by atoms with Crippen molar-refractivity contribution < 1.29 is 9.47 Å². The van der Waals surface area contributed by atoms with Gasteiger partial charge in [-0.2, -0.15) is 0 Å². The van der Waals surface area contributed by atoms with E-state index >= 15 is 0 Å². The first-order valence-electron chi connectivity index (χ1n) is 7.54. The Balaban J connectivity index is 2.52. The molecule has 0 radical (unpaired) electrons. The topological polar surface area (TPSA) is 70.5 Å². The monoisotopic (exact) mass is 280 g/mol. The second kappa shape index (κ2) is 9.61. The fraction of sp³-hybridized carbons (Fsp3) is 0.625. The largest absolute Gasteiger partial charge is 0.493 e. The van der Waals surface area contributed by atoms with E-state index in [0.717, 1.165) is 12.4 Å². The van der Waals surface area contributed by atoms with Crippen molar-refractivity contribution in [1.82, 2.24) is 0 Å². The summed E-state index contributed by atoms with van der Waals surface area (Å²) in [5.74, 6) is 2.15. The minimum absolute atomic E-state index is 0.292. The highest BCUT2D eigenvalue weighted by atomic mass is 16.5. The number of ether oxygens (including phenoxy) is 2. The van der Waals surface area contributed by atoms with E-state index in [1.807, 2.05) is 24.3 Å². The van der Waals surface area contributed by atoms with E-state index in [9.17, 15) is 0 Å². The summed E-state index contributed by atoms with van der Waals surface area (Å²) < 4.78 is 11.4. The molecule has 1 rings (SSSR count). The molecule has 0 saturated carbocycles. The maximum atomic E-state index is 5.88. The van der Waals surface area contributed by atoms with E-state index in [1.165, 1.54) is 25.7 Å². The van der Waals surface area contributed by atoms with Crippen molar-refractivity contribution in [1.29, 1.82) is 0 Å². The minimum Gasteiger partial charge on any atom is -0.493 e. The number of nitrogens with two attached hydrogens (primary N) is 2. The highest BCUT2D eigenvalue weighted by molar-refractivity contribution is 5.33. The van der Waals surface area contributed by atoms with Gasteiger partial charge in [-0.15, -0.1) is 0 Å². The van der Waals surface area contributed by atoms with Gasteiger partial charge in [-0.3, -0.25) is 5.73 Å². The van der Waals surface area contributed by atoms with E-state index in [-0.39, 0.29) is 0 Å². The lowest BCUT2D eigenvalue weighted by Gasteiger charge is -2.17. The van der Waals surface area contributed by atoms with Gasteiger partial charge in [0.1, 0.15) is 11.5 Å². The second-order valence-electron chi connectivity index (χ2n) is 5.12. The molecule has 1 atom stereocenters. The van der Waals surface area contributed by atoms with E-state index in [2.05, 4.69) is 13.8 Å². The molecule has 4 N–H and O–H groups in total. The Kier molecular flexibility index (Phi) is 8.07. The van der Waals surface area contributed by atoms with Gasteiger partial charge in [0.05, 0.1) is 6.61 Å². The molecule has 1 aromatic carbocycles. The molecule has 0 aliphatic rings. The molecule has 4 heteroatoms. The molecule has 0 unspecified atom stereocenters. The average Bonchev–Trinajstić information content (AvgIpc) is 2.45. The Bertz CT molecular complexity index is 365. The molecule has 0 aliphatic carbocycles. The number of hydrogen-bond donors (Lipinski definition) is 2. The number of rotatable bonds is 10. The van der Waals surface area contributed by atoms with Gasteiger partial charge in [0.15, 0.2) is 6.23 Å². The molecule has 4 nitrogen and oxygen atoms in total. The van der Waals surface area contributed by atoms with Crippen molar-refractivity contribution in [2.45, 2.75) is 45.8 Å². The van der Waals surface area contributed by atoms with Crippen molar-refractivity contribution >= 4 is 0 Å². The van der Waals surface area contributed by atoms with Crippen LogP contribution in [-0.4, -0.2) is 19.4 Å². The van der Waals surface area contributed by atoms with Gasteiger partial charge in [0.2, 0.25) is 0 Å². The molecular weight excluding hydrogens is 252 g/mol. The van der Waals surface area contributed by atoms with Crippen LogP contribution in [0, 0.1) is 5.92 Å². The number of hydrogen-bond acceptors (Lipinski definition) is 4. The Morgan fingerprint density at radius 3 is 2.35 bits per heavy atom. The Morgan fingerprint density at radius 2 is 1.75 bits per heavy atom. The first-order chi connectivity index (χ1) is 9.69. The lowest BCUT2D eigenvalue weighted by atomic mass is 9.99. The lowest BCUT2D eigenvalue weighted by molar-refractivity contribution is 0.211. The third-order valence-electron chi connectivity index (χ3n) is 3.20. The molecule has 0 saturated heterocycles. The van der Waals surface area contributed by atoms with Crippen molar-refractivity contribution in [2.75, 3.05) is 13.2 Å². The molecule has 1 aromatic rings. The molecule has 0 aliphatic heterocycles. The summed E-state index contributed by atoms with van der Waals surface area (Å²) in [7, 11) is 0. The fourth-order valence-corrected chi connectivity index (χ4v) is 2.20. The summed E-state index contributed by atoms with van der Waals surface area (Å²) in [6.45, 7) is 5.48. The van der Waals surface area contributed by atoms with Crippen LogP contribution in [-0.2, 0) is 0 Å². The lowest BCUT2D eigenvalue weighted by Crippen LogP contribution is -2.35. The molecule has 0 heterocycles. The van der Waals surface area contributed by atoms with Crippen LogP contribution in [0.3, 0.4) is 0 Å². The standard InChI is InChI=1S/C16H28N2O2/c1-3-6-13(7-4-2)12-19-14-8-5-9-15(10-14)20-16(18)11-17/h5,8-10,13,16H,3-4,6-7,11-12,17-18H2,1-2H3/t16-/m0/s1. The first kappa shape index (κ1) is 16.8. The van der Waals surface area contributed by atoms with Crippen LogP contribution in [0.5, 0.6) is 11.5 Å². The van der Waals surface area contributed by atoms with Gasteiger partial charge >= 0.3 is 0 Å². The van der Waals surface area contributed by atoms with Crippen LogP contribution >= 0.6 is 0 Å². The molecule has 0 bridgehead atoms. The van der Waals surface area contributed by atoms with Gasteiger partial charge in [-0.1, -0.05) is 32.8 Å². The molecule has 0 spiro atoms. The van der Waals surface area contributed by atoms with Crippen LogP contribution in [0.1, 0.15) is 39.5 Å². The van der Waals surface area contributed by atoms with Crippen LogP contribution in [0.15, 0.2) is 24.3 Å². The third-order valence-corrected chi connectivity index (χ3v) is 3.20. The summed E-state index contributed by atoms with van der Waals surface area (Å²) in [6.07, 6.45) is 4.34.